The first-order valence-electron chi connectivity index (χ1n) is 10.3. The van der Waals surface area contributed by atoms with Gasteiger partial charge in [0.25, 0.3) is 5.91 Å². The zero-order valence-corrected chi connectivity index (χ0v) is 17.6. The van der Waals surface area contributed by atoms with Crippen LogP contribution in [0.1, 0.15) is 46.3 Å². The van der Waals surface area contributed by atoms with Crippen molar-refractivity contribution in [2.45, 2.75) is 38.4 Å². The molecule has 158 valence electrons. The minimum Gasteiger partial charge on any atom is -0.339 e. The van der Waals surface area contributed by atoms with E-state index in [1.165, 1.54) is 5.56 Å². The van der Waals surface area contributed by atoms with E-state index in [0.29, 0.717) is 18.0 Å². The van der Waals surface area contributed by atoms with Gasteiger partial charge in [0.15, 0.2) is 0 Å². The molecule has 1 saturated heterocycles. The topological polar surface area (TPSA) is 80.9 Å². The van der Waals surface area contributed by atoms with Gasteiger partial charge in [-0.3, -0.25) is 9.48 Å². The van der Waals surface area contributed by atoms with Gasteiger partial charge < -0.3 is 14.8 Å². The van der Waals surface area contributed by atoms with E-state index in [2.05, 4.69) is 37.3 Å². The Morgan fingerprint density at radius 3 is 2.70 bits per heavy atom. The van der Waals surface area contributed by atoms with Crippen LogP contribution < -0.4 is 5.32 Å². The quantitative estimate of drug-likeness (QED) is 0.689. The van der Waals surface area contributed by atoms with Crippen molar-refractivity contribution in [3.8, 4) is 0 Å². The summed E-state index contributed by atoms with van der Waals surface area (Å²) < 4.78 is 4.08. The average Bonchev–Trinajstić information content (AvgIpc) is 3.41. The van der Waals surface area contributed by atoms with E-state index in [1.54, 1.807) is 6.20 Å². The molecule has 30 heavy (non-hydrogen) atoms. The van der Waals surface area contributed by atoms with E-state index in [4.69, 9.17) is 0 Å². The molecule has 0 aliphatic carbocycles. The second-order valence-corrected chi connectivity index (χ2v) is 7.78. The van der Waals surface area contributed by atoms with Crippen molar-refractivity contribution < 1.29 is 4.79 Å². The molecule has 0 saturated carbocycles. The van der Waals surface area contributed by atoms with Crippen molar-refractivity contribution in [1.29, 1.82) is 0 Å². The van der Waals surface area contributed by atoms with Crippen molar-refractivity contribution in [3.05, 3.63) is 65.5 Å². The molecule has 2 aliphatic rings. The van der Waals surface area contributed by atoms with Crippen molar-refractivity contribution in [1.82, 2.24) is 34.8 Å². The highest BCUT2D eigenvalue weighted by Crippen LogP contribution is 2.28. The van der Waals surface area contributed by atoms with Crippen molar-refractivity contribution in [2.24, 2.45) is 0 Å². The maximum Gasteiger partial charge on any atom is 0.257 e. The Morgan fingerprint density at radius 2 is 1.90 bits per heavy atom. The first-order chi connectivity index (χ1) is 14.3. The number of rotatable bonds is 4. The van der Waals surface area contributed by atoms with Crippen LogP contribution in [0.4, 0.5) is 0 Å². The molecule has 0 spiro atoms. The Hall–Kier alpha value is -2.71. The minimum absolute atomic E-state index is 0. The van der Waals surface area contributed by atoms with Gasteiger partial charge in [0.2, 0.25) is 0 Å². The van der Waals surface area contributed by atoms with E-state index in [-0.39, 0.29) is 18.3 Å². The largest absolute Gasteiger partial charge is 0.339 e. The fourth-order valence-corrected chi connectivity index (χ4v) is 4.27. The lowest BCUT2D eigenvalue weighted by Gasteiger charge is -2.31. The van der Waals surface area contributed by atoms with Gasteiger partial charge in [-0.2, -0.15) is 5.10 Å². The third-order valence-corrected chi connectivity index (χ3v) is 5.87. The van der Waals surface area contributed by atoms with Crippen LogP contribution in [0.15, 0.2) is 42.7 Å². The molecule has 0 unspecified atom stereocenters. The Bertz CT molecular complexity index is 992. The highest BCUT2D eigenvalue weighted by Gasteiger charge is 2.29. The summed E-state index contributed by atoms with van der Waals surface area (Å²) in [4.78, 5) is 14.9. The molecule has 1 fully saturated rings. The Kier molecular flexibility index (Phi) is 6.15. The lowest BCUT2D eigenvalue weighted by molar-refractivity contribution is 0.0710. The number of nitrogens with one attached hydrogen (secondary N) is 1. The lowest BCUT2D eigenvalue weighted by atomic mass is 9.95. The predicted octanol–water partition coefficient (Wildman–Crippen LogP) is 2.07. The molecule has 2 aromatic heterocycles. The van der Waals surface area contributed by atoms with E-state index >= 15 is 0 Å². The summed E-state index contributed by atoms with van der Waals surface area (Å²) in [6.07, 6.45) is 5.38. The second-order valence-electron chi connectivity index (χ2n) is 7.78. The summed E-state index contributed by atoms with van der Waals surface area (Å²) in [5.41, 5.74) is 1.83. The fraction of sp³-hybridized carbons (Fsp3) is 0.429. The van der Waals surface area contributed by atoms with Crippen LogP contribution in [-0.4, -0.2) is 55.0 Å². The van der Waals surface area contributed by atoms with Crippen molar-refractivity contribution >= 4 is 18.3 Å². The van der Waals surface area contributed by atoms with Crippen LogP contribution in [0, 0.1) is 0 Å². The van der Waals surface area contributed by atoms with Crippen molar-refractivity contribution in [3.63, 3.8) is 0 Å². The zero-order chi connectivity index (χ0) is 19.6. The summed E-state index contributed by atoms with van der Waals surface area (Å²) in [7, 11) is 0. The third kappa shape index (κ3) is 4.11. The van der Waals surface area contributed by atoms with Gasteiger partial charge in [-0.25, -0.2) is 0 Å². The summed E-state index contributed by atoms with van der Waals surface area (Å²) in [5.74, 6) is 2.55. The van der Waals surface area contributed by atoms with Gasteiger partial charge in [-0.15, -0.1) is 22.6 Å². The molecule has 2 aliphatic heterocycles. The Balaban J connectivity index is 0.00000218. The number of nitrogens with zero attached hydrogens (tertiary/aromatic N) is 6. The minimum atomic E-state index is 0. The summed E-state index contributed by atoms with van der Waals surface area (Å²) in [6, 6.07) is 10.1. The van der Waals surface area contributed by atoms with Crippen LogP contribution in [0.3, 0.4) is 0 Å². The Morgan fingerprint density at radius 1 is 1.10 bits per heavy atom. The van der Waals surface area contributed by atoms with E-state index in [9.17, 15) is 4.79 Å². The van der Waals surface area contributed by atoms with E-state index in [1.807, 2.05) is 34.0 Å². The van der Waals surface area contributed by atoms with Crippen LogP contribution >= 0.6 is 12.4 Å². The summed E-state index contributed by atoms with van der Waals surface area (Å²) >= 11 is 0. The van der Waals surface area contributed by atoms with Gasteiger partial charge in [0, 0.05) is 38.3 Å². The first-order valence-corrected chi connectivity index (χ1v) is 10.3. The predicted molar refractivity (Wildman–Crippen MR) is 115 cm³/mol. The van der Waals surface area contributed by atoms with E-state index in [0.717, 1.165) is 57.2 Å². The van der Waals surface area contributed by atoms with E-state index < -0.39 is 0 Å². The molecule has 0 radical (unpaired) electrons. The van der Waals surface area contributed by atoms with Gasteiger partial charge in [-0.05, 0) is 18.4 Å². The molecule has 5 rings (SSSR count). The van der Waals surface area contributed by atoms with Crippen LogP contribution in [0.2, 0.25) is 0 Å². The number of carbonyl (C=O) groups is 1. The number of amides is 1. The van der Waals surface area contributed by atoms with Crippen molar-refractivity contribution in [2.75, 3.05) is 19.6 Å². The zero-order valence-electron chi connectivity index (χ0n) is 16.8. The first kappa shape index (κ1) is 20.6. The second kappa shape index (κ2) is 8.97. The number of hydrogen-bond acceptors (Lipinski definition) is 5. The number of piperidine rings is 1. The highest BCUT2D eigenvalue weighted by molar-refractivity contribution is 5.93. The Labute approximate surface area is 181 Å². The number of carbonyl (C=O) groups excluding carboxylic acids is 1. The summed E-state index contributed by atoms with van der Waals surface area (Å²) in [5, 5.41) is 16.5. The normalized spacial score (nSPS) is 16.7. The molecular formula is C21H26ClN7O. The molecule has 0 atom stereocenters. The van der Waals surface area contributed by atoms with Gasteiger partial charge in [-0.1, -0.05) is 30.3 Å². The molecule has 9 heteroatoms. The van der Waals surface area contributed by atoms with Crippen LogP contribution in [-0.2, 0) is 19.6 Å². The molecule has 4 heterocycles. The number of likely N-dealkylation sites (tertiary alicyclic amines) is 1. The number of hydrogen-bond donors (Lipinski definition) is 1. The summed E-state index contributed by atoms with van der Waals surface area (Å²) in [6.45, 7) is 4.84. The number of fused-ring (bicyclic) bond motifs is 1. The third-order valence-electron chi connectivity index (χ3n) is 5.87. The monoisotopic (exact) mass is 427 g/mol. The standard InChI is InChI=1S/C21H25N7O.ClH/c29-21(18-12-23-27(15-18)14-16-4-2-1-3-5-16)26-9-6-17(7-10-26)20-25-24-19-13-22-8-11-28(19)20;/h1-5,12,15,17,22H,6-11,13-14H2;1H. The lowest BCUT2D eigenvalue weighted by Crippen LogP contribution is -2.38. The molecule has 1 aromatic carbocycles. The van der Waals surface area contributed by atoms with Gasteiger partial charge in [0.1, 0.15) is 11.6 Å². The maximum absolute atomic E-state index is 12.9. The molecule has 8 nitrogen and oxygen atoms in total. The van der Waals surface area contributed by atoms with Crippen LogP contribution in [0.25, 0.3) is 0 Å². The van der Waals surface area contributed by atoms with Gasteiger partial charge >= 0.3 is 0 Å². The maximum atomic E-state index is 12.9. The molecule has 1 N–H and O–H groups in total. The SMILES string of the molecule is Cl.O=C(c1cnn(Cc2ccccc2)c1)N1CCC(c2nnc3n2CCNC3)CC1. The number of aromatic nitrogens is 5. The molecule has 3 aromatic rings. The smallest absolute Gasteiger partial charge is 0.257 e. The highest BCUT2D eigenvalue weighted by atomic mass is 35.5. The average molecular weight is 428 g/mol. The number of benzene rings is 1. The van der Waals surface area contributed by atoms with Gasteiger partial charge in [0.05, 0.1) is 24.8 Å². The molecular weight excluding hydrogens is 402 g/mol. The number of halogens is 1. The fourth-order valence-electron chi connectivity index (χ4n) is 4.27. The van der Waals surface area contributed by atoms with Crippen LogP contribution in [0.5, 0.6) is 0 Å². The molecule has 0 bridgehead atoms. The molecule has 1 amide bonds.